The summed E-state index contributed by atoms with van der Waals surface area (Å²) in [6, 6.07) is 18.0. The van der Waals surface area contributed by atoms with Crippen LogP contribution in [0.25, 0.3) is 11.0 Å². The third-order valence-electron chi connectivity index (χ3n) is 4.91. The van der Waals surface area contributed by atoms with E-state index in [1.54, 1.807) is 30.3 Å². The van der Waals surface area contributed by atoms with Crippen molar-refractivity contribution in [2.45, 2.75) is 6.92 Å². The molecule has 4 aromatic rings. The lowest BCUT2D eigenvalue weighted by Crippen LogP contribution is -2.20. The number of carbonyl (C=O) groups excluding carboxylic acids is 2. The van der Waals surface area contributed by atoms with E-state index in [0.29, 0.717) is 39.4 Å². The molecule has 0 radical (unpaired) electrons. The predicted octanol–water partition coefficient (Wildman–Crippen LogP) is 6.74. The first-order chi connectivity index (χ1) is 17.8. The van der Waals surface area contributed by atoms with Crippen molar-refractivity contribution in [1.82, 2.24) is 5.43 Å². The van der Waals surface area contributed by atoms with Crippen LogP contribution in [0.2, 0.25) is 0 Å². The van der Waals surface area contributed by atoms with E-state index >= 15 is 0 Å². The molecule has 3 aromatic carbocycles. The van der Waals surface area contributed by atoms with Gasteiger partial charge in [0.15, 0.2) is 23.9 Å². The van der Waals surface area contributed by atoms with E-state index in [0.717, 1.165) is 13.4 Å². The molecule has 11 heteroatoms. The van der Waals surface area contributed by atoms with Crippen molar-refractivity contribution in [2.75, 3.05) is 18.5 Å². The lowest BCUT2D eigenvalue weighted by atomic mass is 10.2. The number of halogens is 3. The Balaban J connectivity index is 1.43. The largest absolute Gasteiger partial charge is 0.490 e. The fourth-order valence-electron chi connectivity index (χ4n) is 3.30. The fraction of sp³-hybridized carbons (Fsp3) is 0.115. The van der Waals surface area contributed by atoms with Crippen LogP contribution in [0.4, 0.5) is 5.69 Å². The first-order valence-corrected chi connectivity index (χ1v) is 13.7. The van der Waals surface area contributed by atoms with Crippen LogP contribution >= 0.6 is 54.5 Å². The van der Waals surface area contributed by atoms with Crippen molar-refractivity contribution in [3.63, 3.8) is 0 Å². The van der Waals surface area contributed by atoms with Crippen LogP contribution in [0.5, 0.6) is 11.5 Å². The van der Waals surface area contributed by atoms with Gasteiger partial charge in [-0.1, -0.05) is 34.1 Å². The molecule has 0 aliphatic rings. The molecule has 1 aromatic heterocycles. The number of furan rings is 1. The summed E-state index contributed by atoms with van der Waals surface area (Å²) in [7, 11) is 0. The van der Waals surface area contributed by atoms with Gasteiger partial charge in [-0.15, -0.1) is 0 Å². The Labute approximate surface area is 243 Å². The highest BCUT2D eigenvalue weighted by Gasteiger charge is 2.15. The van der Waals surface area contributed by atoms with Crippen molar-refractivity contribution in [2.24, 2.45) is 5.10 Å². The summed E-state index contributed by atoms with van der Waals surface area (Å²) in [5, 5.41) is 7.63. The highest BCUT2D eigenvalue weighted by Crippen LogP contribution is 2.33. The van der Waals surface area contributed by atoms with Crippen LogP contribution in [0.15, 0.2) is 79.1 Å². The van der Waals surface area contributed by atoms with Gasteiger partial charge in [0.05, 0.1) is 16.4 Å². The highest BCUT2D eigenvalue weighted by molar-refractivity contribution is 14.1. The molecule has 190 valence electrons. The summed E-state index contributed by atoms with van der Waals surface area (Å²) in [6.07, 6.45) is 1.47. The van der Waals surface area contributed by atoms with Gasteiger partial charge in [-0.2, -0.15) is 5.10 Å². The number of ether oxygens (including phenoxy) is 2. The van der Waals surface area contributed by atoms with Crippen LogP contribution in [-0.2, 0) is 4.79 Å². The second-order valence-corrected chi connectivity index (χ2v) is 10.5. The van der Waals surface area contributed by atoms with Gasteiger partial charge in [-0.3, -0.25) is 9.59 Å². The number of amides is 2. The van der Waals surface area contributed by atoms with Gasteiger partial charge in [-0.05, 0) is 87.9 Å². The van der Waals surface area contributed by atoms with E-state index in [4.69, 9.17) is 13.9 Å². The number of hydrogen-bond donors (Lipinski definition) is 2. The van der Waals surface area contributed by atoms with Gasteiger partial charge in [0, 0.05) is 25.6 Å². The minimum atomic E-state index is -0.482. The summed E-state index contributed by atoms with van der Waals surface area (Å²) in [4.78, 5) is 24.8. The third-order valence-corrected chi connectivity index (χ3v) is 6.85. The standard InChI is InChI=1S/C26H20Br2IN3O5/c1-2-35-21-10-16(19(28)12-22(21)36-14-24(33)31-18-6-4-3-5-7-18)13-30-32-26(34)23-9-15-8-17(27)11-20(29)25(15)37-23/h3-13H,2,14H2,1H3,(H,31,33)(H,32,34)/b30-13-. The lowest BCUT2D eigenvalue weighted by molar-refractivity contribution is -0.118. The van der Waals surface area contributed by atoms with E-state index in [9.17, 15) is 9.59 Å². The van der Waals surface area contributed by atoms with Crippen molar-refractivity contribution in [3.8, 4) is 11.5 Å². The minimum Gasteiger partial charge on any atom is -0.490 e. The maximum Gasteiger partial charge on any atom is 0.307 e. The highest BCUT2D eigenvalue weighted by atomic mass is 127. The van der Waals surface area contributed by atoms with E-state index in [-0.39, 0.29) is 18.3 Å². The number of benzene rings is 3. The van der Waals surface area contributed by atoms with Gasteiger partial charge < -0.3 is 19.2 Å². The Bertz CT molecular complexity index is 1470. The summed E-state index contributed by atoms with van der Waals surface area (Å²) in [5.41, 5.74) is 4.42. The number of para-hydroxylation sites is 1. The Kier molecular flexibility index (Phi) is 9.22. The molecule has 0 fully saturated rings. The van der Waals surface area contributed by atoms with Crippen LogP contribution in [0.3, 0.4) is 0 Å². The van der Waals surface area contributed by atoms with Gasteiger partial charge in [0.1, 0.15) is 5.58 Å². The number of nitrogens with one attached hydrogen (secondary N) is 2. The van der Waals surface area contributed by atoms with Crippen molar-refractivity contribution < 1.29 is 23.5 Å². The summed E-state index contributed by atoms with van der Waals surface area (Å²) < 4.78 is 19.5. The Morgan fingerprint density at radius 3 is 2.57 bits per heavy atom. The zero-order valence-electron chi connectivity index (χ0n) is 19.4. The van der Waals surface area contributed by atoms with Crippen molar-refractivity contribution in [1.29, 1.82) is 0 Å². The zero-order chi connectivity index (χ0) is 26.4. The first kappa shape index (κ1) is 27.1. The zero-order valence-corrected chi connectivity index (χ0v) is 24.7. The van der Waals surface area contributed by atoms with E-state index in [1.165, 1.54) is 6.21 Å². The van der Waals surface area contributed by atoms with Crippen LogP contribution < -0.4 is 20.2 Å². The van der Waals surface area contributed by atoms with E-state index in [1.807, 2.05) is 37.3 Å². The molecule has 0 aliphatic heterocycles. The number of hydrogen-bond acceptors (Lipinski definition) is 6. The number of nitrogens with zero attached hydrogens (tertiary/aromatic N) is 1. The predicted molar refractivity (Wildman–Crippen MR) is 158 cm³/mol. The Hall–Kier alpha value is -2.90. The molecule has 4 rings (SSSR count). The van der Waals surface area contributed by atoms with E-state index in [2.05, 4.69) is 70.3 Å². The SMILES string of the molecule is CCOc1cc(/C=N\NC(=O)c2cc3cc(Br)cc(I)c3o2)c(Br)cc1OCC(=O)Nc1ccccc1. The molecule has 2 amide bonds. The molecule has 0 unspecified atom stereocenters. The number of anilines is 1. The number of rotatable bonds is 9. The smallest absolute Gasteiger partial charge is 0.307 e. The van der Waals surface area contributed by atoms with E-state index < -0.39 is 5.91 Å². The molecule has 8 nitrogen and oxygen atoms in total. The maximum atomic E-state index is 12.6. The van der Waals surface area contributed by atoms with Gasteiger partial charge in [0.2, 0.25) is 0 Å². The molecule has 2 N–H and O–H groups in total. The maximum absolute atomic E-state index is 12.6. The van der Waals surface area contributed by atoms with Gasteiger partial charge in [-0.25, -0.2) is 5.43 Å². The average Bonchev–Trinajstić information content (AvgIpc) is 3.30. The monoisotopic (exact) mass is 739 g/mol. The molecule has 37 heavy (non-hydrogen) atoms. The van der Waals surface area contributed by atoms with Crippen LogP contribution in [0.1, 0.15) is 23.0 Å². The van der Waals surface area contributed by atoms with Gasteiger partial charge in [0.25, 0.3) is 5.91 Å². The topological polar surface area (TPSA) is 102 Å². The van der Waals surface area contributed by atoms with Crippen molar-refractivity contribution >= 4 is 89.1 Å². The molecule has 0 bridgehead atoms. The molecule has 0 spiro atoms. The molecule has 0 saturated carbocycles. The average molecular weight is 741 g/mol. The second-order valence-electron chi connectivity index (χ2n) is 7.57. The molecule has 0 saturated heterocycles. The van der Waals surface area contributed by atoms with Crippen molar-refractivity contribution in [3.05, 3.63) is 84.5 Å². The molecule has 0 aliphatic carbocycles. The fourth-order valence-corrected chi connectivity index (χ4v) is 5.38. The summed E-state index contributed by atoms with van der Waals surface area (Å²) in [5.74, 6) is 0.190. The number of hydrazone groups is 1. The Morgan fingerprint density at radius 1 is 1.05 bits per heavy atom. The number of carbonyl (C=O) groups is 2. The molecule has 0 atom stereocenters. The van der Waals surface area contributed by atoms with Crippen LogP contribution in [-0.4, -0.2) is 31.2 Å². The van der Waals surface area contributed by atoms with Gasteiger partial charge >= 0.3 is 5.91 Å². The lowest BCUT2D eigenvalue weighted by Gasteiger charge is -2.14. The normalized spacial score (nSPS) is 11.0. The second kappa shape index (κ2) is 12.6. The molecular weight excluding hydrogens is 721 g/mol. The number of fused-ring (bicyclic) bond motifs is 1. The third kappa shape index (κ3) is 7.11. The quantitative estimate of drug-likeness (QED) is 0.113. The van der Waals surface area contributed by atoms with Crippen LogP contribution in [0, 0.1) is 3.57 Å². The Morgan fingerprint density at radius 2 is 1.81 bits per heavy atom. The molecule has 1 heterocycles. The summed E-state index contributed by atoms with van der Waals surface area (Å²) >= 11 is 9.07. The summed E-state index contributed by atoms with van der Waals surface area (Å²) in [6.45, 7) is 2.04. The minimum absolute atomic E-state index is 0.148. The molecular formula is C26H20Br2IN3O5. The first-order valence-electron chi connectivity index (χ1n) is 11.0.